The van der Waals surface area contributed by atoms with E-state index < -0.39 is 0 Å². The zero-order chi connectivity index (χ0) is 27.5. The molecule has 4 nitrogen and oxygen atoms in total. The fourth-order valence-electron chi connectivity index (χ4n) is 4.93. The third-order valence-corrected chi connectivity index (χ3v) is 7.24. The number of benzene rings is 2. The van der Waals surface area contributed by atoms with E-state index in [9.17, 15) is 4.79 Å². The number of ether oxygens (including phenoxy) is 2. The average molecular weight is 525 g/mol. The number of carbonyl (C=O) groups excluding carboxylic acids is 1. The predicted octanol–water partition coefficient (Wildman–Crippen LogP) is 8.52. The number of hydrogen-bond acceptors (Lipinski definition) is 3. The van der Waals surface area contributed by atoms with Gasteiger partial charge in [0.1, 0.15) is 12.3 Å². The standard InChI is InChI=1S/C34H54NO3/c1-5-6-7-8-9-10-11-15-22-32-23-16-17-24-33(32)38-30(2)26-28-37-34(36)25-18-19-27-35(3,4)29-31-20-13-12-14-21-31/h12-14,16-17,20-21,23-24,30H,5-11,15,18-19,22,25-29H2,1-4H3/q+1. The summed E-state index contributed by atoms with van der Waals surface area (Å²) in [6.45, 7) is 6.80. The van der Waals surface area contributed by atoms with Crippen molar-refractivity contribution in [3.8, 4) is 5.75 Å². The maximum Gasteiger partial charge on any atom is 0.305 e. The van der Waals surface area contributed by atoms with Gasteiger partial charge in [-0.1, -0.05) is 100 Å². The number of quaternary nitrogens is 1. The number of aryl methyl sites for hydroxylation is 1. The van der Waals surface area contributed by atoms with Crippen molar-refractivity contribution in [3.63, 3.8) is 0 Å². The van der Waals surface area contributed by atoms with Gasteiger partial charge in [-0.25, -0.2) is 0 Å². The Morgan fingerprint density at radius 3 is 2.21 bits per heavy atom. The fraction of sp³-hybridized carbons (Fsp3) is 0.618. The van der Waals surface area contributed by atoms with E-state index in [4.69, 9.17) is 9.47 Å². The van der Waals surface area contributed by atoms with Gasteiger partial charge in [0.25, 0.3) is 0 Å². The highest BCUT2D eigenvalue weighted by atomic mass is 16.5. The van der Waals surface area contributed by atoms with Crippen LogP contribution in [-0.4, -0.2) is 43.8 Å². The van der Waals surface area contributed by atoms with Gasteiger partial charge < -0.3 is 14.0 Å². The smallest absolute Gasteiger partial charge is 0.305 e. The molecule has 0 spiro atoms. The molecule has 1 atom stereocenters. The van der Waals surface area contributed by atoms with E-state index in [1.54, 1.807) is 0 Å². The van der Waals surface area contributed by atoms with Crippen LogP contribution in [0.2, 0.25) is 0 Å². The van der Waals surface area contributed by atoms with Gasteiger partial charge in [-0.3, -0.25) is 4.79 Å². The van der Waals surface area contributed by atoms with Crippen LogP contribution in [0, 0.1) is 0 Å². The van der Waals surface area contributed by atoms with Gasteiger partial charge in [0.15, 0.2) is 0 Å². The highest BCUT2D eigenvalue weighted by Crippen LogP contribution is 2.23. The number of unbranched alkanes of at least 4 members (excludes halogenated alkanes) is 8. The van der Waals surface area contributed by atoms with Gasteiger partial charge in [-0.05, 0) is 44.2 Å². The van der Waals surface area contributed by atoms with Crippen molar-refractivity contribution in [2.45, 2.75) is 110 Å². The Hall–Kier alpha value is -2.33. The molecule has 0 radical (unpaired) electrons. The third-order valence-electron chi connectivity index (χ3n) is 7.24. The number of esters is 1. The lowest BCUT2D eigenvalue weighted by molar-refractivity contribution is -0.903. The van der Waals surface area contributed by atoms with Crippen molar-refractivity contribution in [2.75, 3.05) is 27.2 Å². The molecule has 0 aliphatic carbocycles. The van der Waals surface area contributed by atoms with Crippen molar-refractivity contribution in [3.05, 3.63) is 65.7 Å². The summed E-state index contributed by atoms with van der Waals surface area (Å²) in [6.07, 6.45) is 14.8. The van der Waals surface area contributed by atoms with Crippen molar-refractivity contribution >= 4 is 5.97 Å². The van der Waals surface area contributed by atoms with Gasteiger partial charge in [0, 0.05) is 18.4 Å². The first-order valence-corrected chi connectivity index (χ1v) is 15.2. The van der Waals surface area contributed by atoms with E-state index in [0.717, 1.165) is 42.6 Å². The Kier molecular flexibility index (Phi) is 15.8. The summed E-state index contributed by atoms with van der Waals surface area (Å²) < 4.78 is 12.7. The summed E-state index contributed by atoms with van der Waals surface area (Å²) in [5, 5.41) is 0. The summed E-state index contributed by atoms with van der Waals surface area (Å²) in [5.74, 6) is 0.881. The first-order chi connectivity index (χ1) is 18.4. The third kappa shape index (κ3) is 14.6. The topological polar surface area (TPSA) is 35.5 Å². The molecular formula is C34H54NO3+. The summed E-state index contributed by atoms with van der Waals surface area (Å²) in [5.41, 5.74) is 2.64. The maximum atomic E-state index is 12.2. The maximum absolute atomic E-state index is 12.2. The molecular weight excluding hydrogens is 470 g/mol. The van der Waals surface area contributed by atoms with Crippen LogP contribution in [0.25, 0.3) is 0 Å². The van der Waals surface area contributed by atoms with Gasteiger partial charge >= 0.3 is 5.97 Å². The van der Waals surface area contributed by atoms with Crippen LogP contribution in [-0.2, 0) is 22.5 Å². The van der Waals surface area contributed by atoms with Crippen molar-refractivity contribution < 1.29 is 18.8 Å². The number of para-hydroxylation sites is 1. The Balaban J connectivity index is 1.57. The summed E-state index contributed by atoms with van der Waals surface area (Å²) >= 11 is 0. The second-order valence-electron chi connectivity index (χ2n) is 11.5. The SMILES string of the molecule is CCCCCCCCCCc1ccccc1OC(C)CCOC(=O)CCCC[N+](C)(C)Cc1ccccc1. The molecule has 0 fully saturated rings. The van der Waals surface area contributed by atoms with E-state index in [-0.39, 0.29) is 12.1 Å². The van der Waals surface area contributed by atoms with Gasteiger partial charge in [-0.15, -0.1) is 0 Å². The van der Waals surface area contributed by atoms with E-state index in [1.807, 2.05) is 6.07 Å². The second kappa shape index (κ2) is 18.8. The molecule has 0 aliphatic rings. The molecule has 0 heterocycles. The largest absolute Gasteiger partial charge is 0.490 e. The molecule has 2 aromatic rings. The fourth-order valence-corrected chi connectivity index (χ4v) is 4.93. The minimum Gasteiger partial charge on any atom is -0.490 e. The molecule has 2 aromatic carbocycles. The lowest BCUT2D eigenvalue weighted by atomic mass is 10.0. The number of hydrogen-bond donors (Lipinski definition) is 0. The van der Waals surface area contributed by atoms with E-state index in [1.165, 1.54) is 62.5 Å². The molecule has 0 bridgehead atoms. The monoisotopic (exact) mass is 524 g/mol. The lowest BCUT2D eigenvalue weighted by Gasteiger charge is -2.30. The highest BCUT2D eigenvalue weighted by Gasteiger charge is 2.16. The van der Waals surface area contributed by atoms with Crippen LogP contribution in [0.15, 0.2) is 54.6 Å². The van der Waals surface area contributed by atoms with Crippen LogP contribution in [0.3, 0.4) is 0 Å². The normalized spacial score (nSPS) is 12.3. The molecule has 2 rings (SSSR count). The predicted molar refractivity (Wildman–Crippen MR) is 159 cm³/mol. The summed E-state index contributed by atoms with van der Waals surface area (Å²) in [6, 6.07) is 19.0. The molecule has 0 aromatic heterocycles. The zero-order valence-corrected chi connectivity index (χ0v) is 24.8. The van der Waals surface area contributed by atoms with Gasteiger partial charge in [-0.2, -0.15) is 0 Å². The molecule has 0 saturated heterocycles. The van der Waals surface area contributed by atoms with Crippen molar-refractivity contribution in [1.29, 1.82) is 0 Å². The molecule has 212 valence electrons. The summed E-state index contributed by atoms with van der Waals surface area (Å²) in [7, 11) is 4.50. The Morgan fingerprint density at radius 2 is 1.47 bits per heavy atom. The molecule has 38 heavy (non-hydrogen) atoms. The minimum absolute atomic E-state index is 0.0126. The van der Waals surface area contributed by atoms with Crippen molar-refractivity contribution in [2.24, 2.45) is 0 Å². The lowest BCUT2D eigenvalue weighted by Crippen LogP contribution is -2.39. The molecule has 0 N–H and O–H groups in total. The van der Waals surface area contributed by atoms with Crippen LogP contribution in [0.4, 0.5) is 0 Å². The Labute approximate surface area is 233 Å². The second-order valence-corrected chi connectivity index (χ2v) is 11.5. The van der Waals surface area contributed by atoms with E-state index in [0.29, 0.717) is 19.4 Å². The Bertz CT molecular complexity index is 880. The van der Waals surface area contributed by atoms with Crippen LogP contribution < -0.4 is 4.74 Å². The molecule has 0 amide bonds. The van der Waals surface area contributed by atoms with Gasteiger partial charge in [0.05, 0.1) is 33.4 Å². The molecule has 0 aliphatic heterocycles. The van der Waals surface area contributed by atoms with Crippen molar-refractivity contribution in [1.82, 2.24) is 0 Å². The first kappa shape index (κ1) is 31.9. The number of carbonyl (C=O) groups is 1. The summed E-state index contributed by atoms with van der Waals surface area (Å²) in [4.78, 5) is 12.2. The van der Waals surface area contributed by atoms with Crippen LogP contribution in [0.1, 0.15) is 102 Å². The average Bonchev–Trinajstić information content (AvgIpc) is 2.89. The van der Waals surface area contributed by atoms with E-state index in [2.05, 4.69) is 76.5 Å². The number of nitrogens with zero attached hydrogens (tertiary/aromatic N) is 1. The molecule has 4 heteroatoms. The quantitative estimate of drug-likeness (QED) is 0.0932. The van der Waals surface area contributed by atoms with Crippen LogP contribution >= 0.6 is 0 Å². The van der Waals surface area contributed by atoms with Gasteiger partial charge in [0.2, 0.25) is 0 Å². The Morgan fingerprint density at radius 1 is 0.816 bits per heavy atom. The minimum atomic E-state index is -0.0966. The highest BCUT2D eigenvalue weighted by molar-refractivity contribution is 5.69. The van der Waals surface area contributed by atoms with E-state index >= 15 is 0 Å². The first-order valence-electron chi connectivity index (χ1n) is 15.2. The molecule has 1 unspecified atom stereocenters. The number of rotatable bonds is 21. The van der Waals surface area contributed by atoms with Crippen LogP contribution in [0.5, 0.6) is 5.75 Å². The zero-order valence-electron chi connectivity index (χ0n) is 24.8. The molecule has 0 saturated carbocycles.